The number of imidazole rings is 1. The number of hydrogen-bond acceptors (Lipinski definition) is 2. The predicted molar refractivity (Wildman–Crippen MR) is 111 cm³/mol. The fourth-order valence-corrected chi connectivity index (χ4v) is 2.47. The molecule has 0 aliphatic heterocycles. The minimum atomic E-state index is -0.169. The topological polar surface area (TPSA) is 54.2 Å². The smallest absolute Gasteiger partial charge is 0.191 e. The third-order valence-corrected chi connectivity index (χ3v) is 3.65. The molecule has 0 atom stereocenters. The van der Waals surface area contributed by atoms with Crippen molar-refractivity contribution in [3.05, 3.63) is 53.9 Å². The van der Waals surface area contributed by atoms with Gasteiger partial charge in [0.1, 0.15) is 11.6 Å². The fraction of sp³-hybridized carbons (Fsp3) is 0.444. The van der Waals surface area contributed by atoms with Crippen LogP contribution in [0.5, 0.6) is 0 Å². The molecular weight excluding hydrogens is 432 g/mol. The van der Waals surface area contributed by atoms with E-state index in [-0.39, 0.29) is 29.8 Å². The fourth-order valence-electron chi connectivity index (χ4n) is 2.47. The Bertz CT molecular complexity index is 669. The highest BCUT2D eigenvalue weighted by molar-refractivity contribution is 14.0. The lowest BCUT2D eigenvalue weighted by atomic mass is 10.1. The lowest BCUT2D eigenvalue weighted by Crippen LogP contribution is -2.38. The molecule has 5 nitrogen and oxygen atoms in total. The van der Waals surface area contributed by atoms with Gasteiger partial charge in [0.25, 0.3) is 0 Å². The van der Waals surface area contributed by atoms with Crippen LogP contribution in [0.4, 0.5) is 4.39 Å². The summed E-state index contributed by atoms with van der Waals surface area (Å²) in [7, 11) is 1.72. The lowest BCUT2D eigenvalue weighted by molar-refractivity contribution is 0.503. The summed E-state index contributed by atoms with van der Waals surface area (Å²) in [5.74, 6) is 2.06. The first-order chi connectivity index (χ1) is 11.6. The van der Waals surface area contributed by atoms with Gasteiger partial charge in [-0.05, 0) is 24.0 Å². The van der Waals surface area contributed by atoms with Crippen LogP contribution in [0.15, 0.2) is 41.7 Å². The van der Waals surface area contributed by atoms with Crippen molar-refractivity contribution in [2.75, 3.05) is 13.6 Å². The highest BCUT2D eigenvalue weighted by Gasteiger charge is 2.06. The first-order valence-corrected chi connectivity index (χ1v) is 8.28. The second-order valence-electron chi connectivity index (χ2n) is 6.08. The lowest BCUT2D eigenvalue weighted by Gasteiger charge is -2.14. The van der Waals surface area contributed by atoms with E-state index in [1.54, 1.807) is 19.2 Å². The number of aromatic nitrogens is 2. The Morgan fingerprint density at radius 2 is 2.04 bits per heavy atom. The number of benzene rings is 1. The number of halogens is 2. The van der Waals surface area contributed by atoms with Crippen LogP contribution in [0.25, 0.3) is 0 Å². The Labute approximate surface area is 166 Å². The van der Waals surface area contributed by atoms with Crippen LogP contribution in [0.3, 0.4) is 0 Å². The van der Waals surface area contributed by atoms with Gasteiger partial charge in [-0.3, -0.25) is 4.99 Å². The molecule has 0 fully saturated rings. The Morgan fingerprint density at radius 1 is 1.28 bits per heavy atom. The van der Waals surface area contributed by atoms with Crippen molar-refractivity contribution in [2.45, 2.75) is 33.4 Å². The minimum absolute atomic E-state index is 0. The molecule has 2 aromatic rings. The maximum Gasteiger partial charge on any atom is 0.191 e. The van der Waals surface area contributed by atoms with Gasteiger partial charge in [-0.15, -0.1) is 24.0 Å². The van der Waals surface area contributed by atoms with E-state index in [4.69, 9.17) is 0 Å². The van der Waals surface area contributed by atoms with Crippen LogP contribution in [0, 0.1) is 11.7 Å². The Morgan fingerprint density at radius 3 is 2.72 bits per heavy atom. The van der Waals surface area contributed by atoms with Crippen molar-refractivity contribution in [3.8, 4) is 0 Å². The molecule has 0 bridgehead atoms. The Hall–Kier alpha value is -1.64. The Kier molecular flexibility index (Phi) is 9.48. The van der Waals surface area contributed by atoms with Crippen molar-refractivity contribution in [3.63, 3.8) is 0 Å². The highest BCUT2D eigenvalue weighted by Crippen LogP contribution is 2.06. The molecule has 138 valence electrons. The van der Waals surface area contributed by atoms with E-state index in [2.05, 4.69) is 39.0 Å². The summed E-state index contributed by atoms with van der Waals surface area (Å²) in [6.45, 7) is 6.51. The molecular formula is C18H27FIN5. The number of rotatable bonds is 7. The minimum Gasteiger partial charge on any atom is -0.356 e. The van der Waals surface area contributed by atoms with Gasteiger partial charge in [-0.25, -0.2) is 9.37 Å². The molecule has 0 spiro atoms. The maximum atomic E-state index is 13.6. The Balaban J connectivity index is 0.00000312. The molecule has 0 aliphatic rings. The zero-order valence-corrected chi connectivity index (χ0v) is 17.3. The zero-order chi connectivity index (χ0) is 17.4. The maximum absolute atomic E-state index is 13.6. The molecule has 0 amide bonds. The van der Waals surface area contributed by atoms with E-state index < -0.39 is 0 Å². The highest BCUT2D eigenvalue weighted by atomic mass is 127. The summed E-state index contributed by atoms with van der Waals surface area (Å²) in [4.78, 5) is 8.58. The number of guanidine groups is 1. The molecule has 1 aromatic heterocycles. The molecule has 0 saturated carbocycles. The van der Waals surface area contributed by atoms with Crippen molar-refractivity contribution >= 4 is 29.9 Å². The van der Waals surface area contributed by atoms with Crippen LogP contribution in [-0.4, -0.2) is 29.1 Å². The van der Waals surface area contributed by atoms with E-state index in [1.165, 1.54) is 6.07 Å². The largest absolute Gasteiger partial charge is 0.356 e. The molecule has 1 heterocycles. The van der Waals surface area contributed by atoms with E-state index in [9.17, 15) is 4.39 Å². The average molecular weight is 459 g/mol. The van der Waals surface area contributed by atoms with E-state index in [1.807, 2.05) is 18.5 Å². The summed E-state index contributed by atoms with van der Waals surface area (Å²) in [5, 5.41) is 6.45. The van der Waals surface area contributed by atoms with Crippen LogP contribution < -0.4 is 10.6 Å². The molecule has 0 aliphatic carbocycles. The van der Waals surface area contributed by atoms with Crippen LogP contribution in [0.1, 0.15) is 25.2 Å². The molecule has 2 N–H and O–H groups in total. The normalized spacial score (nSPS) is 11.3. The third-order valence-electron chi connectivity index (χ3n) is 3.65. The molecule has 25 heavy (non-hydrogen) atoms. The van der Waals surface area contributed by atoms with E-state index in [0.29, 0.717) is 37.0 Å². The van der Waals surface area contributed by atoms with Crippen LogP contribution >= 0.6 is 24.0 Å². The van der Waals surface area contributed by atoms with Gasteiger partial charge in [0.2, 0.25) is 0 Å². The summed E-state index contributed by atoms with van der Waals surface area (Å²) in [6, 6.07) is 6.83. The number of nitrogens with zero attached hydrogens (tertiary/aromatic N) is 3. The van der Waals surface area contributed by atoms with Gasteiger partial charge >= 0.3 is 0 Å². The van der Waals surface area contributed by atoms with Gasteiger partial charge in [0.05, 0.1) is 6.54 Å². The number of nitrogens with one attached hydrogen (secondary N) is 2. The first kappa shape index (κ1) is 21.4. The monoisotopic (exact) mass is 459 g/mol. The summed E-state index contributed by atoms with van der Waals surface area (Å²) >= 11 is 0. The van der Waals surface area contributed by atoms with Crippen molar-refractivity contribution < 1.29 is 4.39 Å². The molecule has 1 aromatic carbocycles. The van der Waals surface area contributed by atoms with Gasteiger partial charge in [-0.2, -0.15) is 0 Å². The first-order valence-electron chi connectivity index (χ1n) is 8.28. The SMILES string of the molecule is CN=C(NCCc1ccccc1F)NCc1nccn1CC(C)C.I. The van der Waals surface area contributed by atoms with Crippen molar-refractivity contribution in [1.82, 2.24) is 20.2 Å². The number of aliphatic imine (C=N–C) groups is 1. The quantitative estimate of drug-likeness (QED) is 0.380. The predicted octanol–water partition coefficient (Wildman–Crippen LogP) is 3.20. The van der Waals surface area contributed by atoms with Crippen molar-refractivity contribution in [2.24, 2.45) is 10.9 Å². The van der Waals surface area contributed by atoms with Gasteiger partial charge in [-0.1, -0.05) is 32.0 Å². The third kappa shape index (κ3) is 7.01. The molecule has 7 heteroatoms. The standard InChI is InChI=1S/C18H26FN5.HI/c1-14(2)13-24-11-10-21-17(24)12-23-18(20-3)22-9-8-15-6-4-5-7-16(15)19;/h4-7,10-11,14H,8-9,12-13H2,1-3H3,(H2,20,22,23);1H. The van der Waals surface area contributed by atoms with Gasteiger partial charge in [0, 0.05) is 32.5 Å². The van der Waals surface area contributed by atoms with Gasteiger partial charge in [0.15, 0.2) is 5.96 Å². The van der Waals surface area contributed by atoms with E-state index in [0.717, 1.165) is 12.4 Å². The second kappa shape index (κ2) is 11.1. The number of hydrogen-bond donors (Lipinski definition) is 2. The summed E-state index contributed by atoms with van der Waals surface area (Å²) in [6.07, 6.45) is 4.41. The zero-order valence-electron chi connectivity index (χ0n) is 15.0. The summed E-state index contributed by atoms with van der Waals surface area (Å²) in [5.41, 5.74) is 0.702. The molecule has 0 saturated heterocycles. The molecule has 0 unspecified atom stereocenters. The molecule has 0 radical (unpaired) electrons. The molecule has 2 rings (SSSR count). The second-order valence-corrected chi connectivity index (χ2v) is 6.08. The van der Waals surface area contributed by atoms with Crippen LogP contribution in [-0.2, 0) is 19.5 Å². The van der Waals surface area contributed by atoms with Crippen LogP contribution in [0.2, 0.25) is 0 Å². The van der Waals surface area contributed by atoms with Crippen molar-refractivity contribution in [1.29, 1.82) is 0 Å². The van der Waals surface area contributed by atoms with Gasteiger partial charge < -0.3 is 15.2 Å². The summed E-state index contributed by atoms with van der Waals surface area (Å²) < 4.78 is 15.7. The average Bonchev–Trinajstić information content (AvgIpc) is 2.98. The van der Waals surface area contributed by atoms with E-state index >= 15 is 0 Å².